The molecule has 1 aromatic carbocycles. The number of hydrogen-bond donors (Lipinski definition) is 1. The number of nitrogens with zero attached hydrogens (tertiary/aromatic N) is 2. The first-order chi connectivity index (χ1) is 9.17. The highest BCUT2D eigenvalue weighted by Gasteiger charge is 2.14. The standard InChI is InChI=1S/C14H17N3O2/c1-3-8-19-11-6-4-10(5-7-11)13-12(9-18)14(15)17(2)16-13/h4-7,9H,3,8,15H2,1-2H3. The first kappa shape index (κ1) is 13.1. The number of aryl methyl sites for hydroxylation is 1. The molecule has 0 atom stereocenters. The highest BCUT2D eigenvalue weighted by Crippen LogP contribution is 2.26. The summed E-state index contributed by atoms with van der Waals surface area (Å²) in [4.78, 5) is 11.1. The van der Waals surface area contributed by atoms with Crippen LogP contribution in [0, 0.1) is 0 Å². The zero-order chi connectivity index (χ0) is 13.8. The second-order valence-electron chi connectivity index (χ2n) is 4.26. The molecule has 0 amide bonds. The number of aldehydes is 1. The molecule has 0 radical (unpaired) electrons. The van der Waals surface area contributed by atoms with Crippen LogP contribution in [-0.2, 0) is 7.05 Å². The number of carbonyl (C=O) groups is 1. The van der Waals surface area contributed by atoms with Gasteiger partial charge in [-0.15, -0.1) is 0 Å². The maximum atomic E-state index is 11.1. The van der Waals surface area contributed by atoms with Gasteiger partial charge in [0.05, 0.1) is 12.2 Å². The number of nitrogen functional groups attached to an aromatic ring is 1. The van der Waals surface area contributed by atoms with Crippen molar-refractivity contribution in [1.82, 2.24) is 9.78 Å². The lowest BCUT2D eigenvalue weighted by atomic mass is 10.1. The van der Waals surface area contributed by atoms with Gasteiger partial charge in [-0.25, -0.2) is 0 Å². The van der Waals surface area contributed by atoms with Crippen molar-refractivity contribution in [2.24, 2.45) is 7.05 Å². The van der Waals surface area contributed by atoms with E-state index in [-0.39, 0.29) is 0 Å². The van der Waals surface area contributed by atoms with Crippen LogP contribution in [0.1, 0.15) is 23.7 Å². The van der Waals surface area contributed by atoms with E-state index >= 15 is 0 Å². The summed E-state index contributed by atoms with van der Waals surface area (Å²) in [6, 6.07) is 7.48. The summed E-state index contributed by atoms with van der Waals surface area (Å²) in [6.07, 6.45) is 1.70. The molecule has 2 aromatic rings. The van der Waals surface area contributed by atoms with Gasteiger partial charge in [0, 0.05) is 12.6 Å². The van der Waals surface area contributed by atoms with E-state index in [0.717, 1.165) is 24.0 Å². The normalized spacial score (nSPS) is 10.4. The number of carbonyl (C=O) groups excluding carboxylic acids is 1. The van der Waals surface area contributed by atoms with Gasteiger partial charge in [0.25, 0.3) is 0 Å². The molecule has 0 bridgehead atoms. The zero-order valence-electron chi connectivity index (χ0n) is 11.1. The van der Waals surface area contributed by atoms with Crippen LogP contribution in [0.5, 0.6) is 5.75 Å². The van der Waals surface area contributed by atoms with Crippen molar-refractivity contribution in [3.05, 3.63) is 29.8 Å². The van der Waals surface area contributed by atoms with E-state index in [0.29, 0.717) is 23.7 Å². The van der Waals surface area contributed by atoms with Crippen molar-refractivity contribution in [1.29, 1.82) is 0 Å². The van der Waals surface area contributed by atoms with Crippen molar-refractivity contribution in [3.8, 4) is 17.0 Å². The maximum absolute atomic E-state index is 11.1. The van der Waals surface area contributed by atoms with Gasteiger partial charge in [-0.1, -0.05) is 6.92 Å². The molecule has 5 heteroatoms. The van der Waals surface area contributed by atoms with E-state index in [1.807, 2.05) is 24.3 Å². The molecule has 0 aliphatic rings. The predicted molar refractivity (Wildman–Crippen MR) is 74.2 cm³/mol. The fourth-order valence-electron chi connectivity index (χ4n) is 1.81. The van der Waals surface area contributed by atoms with E-state index in [9.17, 15) is 4.79 Å². The number of anilines is 1. The fraction of sp³-hybridized carbons (Fsp3) is 0.286. The minimum Gasteiger partial charge on any atom is -0.494 e. The van der Waals surface area contributed by atoms with E-state index < -0.39 is 0 Å². The van der Waals surface area contributed by atoms with Crippen molar-refractivity contribution in [2.45, 2.75) is 13.3 Å². The van der Waals surface area contributed by atoms with Crippen LogP contribution in [0.25, 0.3) is 11.3 Å². The molecule has 0 saturated carbocycles. The molecule has 2 rings (SSSR count). The Balaban J connectivity index is 2.32. The number of aromatic nitrogens is 2. The third-order valence-corrected chi connectivity index (χ3v) is 2.85. The summed E-state index contributed by atoms with van der Waals surface area (Å²) in [5, 5.41) is 4.26. The summed E-state index contributed by atoms with van der Waals surface area (Å²) >= 11 is 0. The van der Waals surface area contributed by atoms with E-state index in [1.54, 1.807) is 7.05 Å². The molecular weight excluding hydrogens is 242 g/mol. The molecule has 19 heavy (non-hydrogen) atoms. The third kappa shape index (κ3) is 2.59. The van der Waals surface area contributed by atoms with Crippen molar-refractivity contribution >= 4 is 12.1 Å². The molecular formula is C14H17N3O2. The molecule has 0 aliphatic carbocycles. The van der Waals surface area contributed by atoms with Crippen molar-refractivity contribution in [2.75, 3.05) is 12.3 Å². The summed E-state index contributed by atoms with van der Waals surface area (Å²) in [5.41, 5.74) is 7.65. The lowest BCUT2D eigenvalue weighted by Crippen LogP contribution is -1.98. The number of benzene rings is 1. The van der Waals surface area contributed by atoms with Gasteiger partial charge < -0.3 is 10.5 Å². The van der Waals surface area contributed by atoms with Crippen LogP contribution >= 0.6 is 0 Å². The average Bonchev–Trinajstić information content (AvgIpc) is 2.72. The molecule has 5 nitrogen and oxygen atoms in total. The Bertz CT molecular complexity index is 573. The van der Waals surface area contributed by atoms with Gasteiger partial charge in [0.2, 0.25) is 0 Å². The SMILES string of the molecule is CCCOc1ccc(-c2nn(C)c(N)c2C=O)cc1. The van der Waals surface area contributed by atoms with Crippen LogP contribution in [0.2, 0.25) is 0 Å². The molecule has 1 heterocycles. The Morgan fingerprint density at radius 3 is 2.63 bits per heavy atom. The molecule has 100 valence electrons. The summed E-state index contributed by atoms with van der Waals surface area (Å²) in [7, 11) is 1.71. The van der Waals surface area contributed by atoms with Gasteiger partial charge in [-0.2, -0.15) is 5.10 Å². The van der Waals surface area contributed by atoms with Crippen LogP contribution < -0.4 is 10.5 Å². The fourth-order valence-corrected chi connectivity index (χ4v) is 1.81. The number of rotatable bonds is 5. The minimum absolute atomic E-state index is 0.372. The van der Waals surface area contributed by atoms with Crippen LogP contribution in [0.15, 0.2) is 24.3 Å². The summed E-state index contributed by atoms with van der Waals surface area (Å²) < 4.78 is 7.01. The molecule has 0 spiro atoms. The van der Waals surface area contributed by atoms with E-state index in [2.05, 4.69) is 12.0 Å². The second-order valence-corrected chi connectivity index (χ2v) is 4.26. The number of nitrogens with two attached hydrogens (primary N) is 1. The molecule has 0 aliphatic heterocycles. The summed E-state index contributed by atoms with van der Waals surface area (Å²) in [5.74, 6) is 1.18. The van der Waals surface area contributed by atoms with Gasteiger partial charge in [0.1, 0.15) is 17.3 Å². The first-order valence-corrected chi connectivity index (χ1v) is 6.18. The Morgan fingerprint density at radius 1 is 1.37 bits per heavy atom. The largest absolute Gasteiger partial charge is 0.494 e. The Hall–Kier alpha value is -2.30. The van der Waals surface area contributed by atoms with E-state index in [1.165, 1.54) is 4.68 Å². The van der Waals surface area contributed by atoms with Crippen molar-refractivity contribution < 1.29 is 9.53 Å². The molecule has 1 aromatic heterocycles. The Labute approximate surface area is 112 Å². The first-order valence-electron chi connectivity index (χ1n) is 6.18. The monoisotopic (exact) mass is 259 g/mol. The van der Waals surface area contributed by atoms with Crippen LogP contribution in [0.3, 0.4) is 0 Å². The van der Waals surface area contributed by atoms with Crippen LogP contribution in [0.4, 0.5) is 5.82 Å². The van der Waals surface area contributed by atoms with Crippen LogP contribution in [-0.4, -0.2) is 22.7 Å². The summed E-state index contributed by atoms with van der Waals surface area (Å²) in [6.45, 7) is 2.75. The predicted octanol–water partition coefficient (Wildman–Crippen LogP) is 2.27. The smallest absolute Gasteiger partial charge is 0.156 e. The quantitative estimate of drug-likeness (QED) is 0.836. The second kappa shape index (κ2) is 5.56. The molecule has 0 saturated heterocycles. The lowest BCUT2D eigenvalue weighted by molar-refractivity contribution is 0.112. The molecule has 0 unspecified atom stereocenters. The van der Waals surface area contributed by atoms with Gasteiger partial charge in [-0.05, 0) is 30.7 Å². The topological polar surface area (TPSA) is 70.1 Å². The Morgan fingerprint density at radius 2 is 2.05 bits per heavy atom. The zero-order valence-corrected chi connectivity index (χ0v) is 11.1. The van der Waals surface area contributed by atoms with Gasteiger partial charge in [-0.3, -0.25) is 9.48 Å². The minimum atomic E-state index is 0.372. The molecule has 0 fully saturated rings. The van der Waals surface area contributed by atoms with Crippen molar-refractivity contribution in [3.63, 3.8) is 0 Å². The van der Waals surface area contributed by atoms with Gasteiger partial charge >= 0.3 is 0 Å². The van der Waals surface area contributed by atoms with Gasteiger partial charge in [0.15, 0.2) is 6.29 Å². The Kier molecular flexibility index (Phi) is 3.85. The number of hydrogen-bond acceptors (Lipinski definition) is 4. The average molecular weight is 259 g/mol. The highest BCUT2D eigenvalue weighted by atomic mass is 16.5. The lowest BCUT2D eigenvalue weighted by Gasteiger charge is -2.05. The van der Waals surface area contributed by atoms with E-state index in [4.69, 9.17) is 10.5 Å². The molecule has 2 N–H and O–H groups in total. The highest BCUT2D eigenvalue weighted by molar-refractivity contribution is 5.91. The number of ether oxygens (including phenoxy) is 1. The third-order valence-electron chi connectivity index (χ3n) is 2.85. The maximum Gasteiger partial charge on any atom is 0.156 e.